The minimum Gasteiger partial charge on any atom is -0.479 e. The van der Waals surface area contributed by atoms with Gasteiger partial charge in [0.15, 0.2) is 16.9 Å². The van der Waals surface area contributed by atoms with Gasteiger partial charge in [0.2, 0.25) is 5.78 Å². The number of nitrogens with zero attached hydrogens (tertiary/aromatic N) is 1. The van der Waals surface area contributed by atoms with E-state index in [2.05, 4.69) is 67.3 Å². The first-order chi connectivity index (χ1) is 23.2. The number of benzene rings is 1. The molecule has 0 amide bonds. The number of ether oxygens (including phenoxy) is 1. The van der Waals surface area contributed by atoms with Crippen LogP contribution in [-0.2, 0) is 19.7 Å². The van der Waals surface area contributed by atoms with Crippen LogP contribution in [0.1, 0.15) is 151 Å². The number of furan rings is 1. The zero-order valence-electron chi connectivity index (χ0n) is 32.5. The summed E-state index contributed by atoms with van der Waals surface area (Å²) in [4.78, 5) is 38.7. The number of ketones is 2. The molecule has 50 heavy (non-hydrogen) atoms. The third-order valence-electron chi connectivity index (χ3n) is 8.33. The van der Waals surface area contributed by atoms with Crippen molar-refractivity contribution in [2.45, 2.75) is 145 Å². The lowest BCUT2D eigenvalue weighted by Gasteiger charge is -2.21. The minimum atomic E-state index is -1.22. The lowest BCUT2D eigenvalue weighted by atomic mass is 9.86. The van der Waals surface area contributed by atoms with Crippen LogP contribution in [0.5, 0.6) is 0 Å². The molecule has 4 rings (SSSR count). The van der Waals surface area contributed by atoms with Gasteiger partial charge >= 0.3 is 5.97 Å². The fourth-order valence-electron chi connectivity index (χ4n) is 5.17. The van der Waals surface area contributed by atoms with Gasteiger partial charge in [-0.3, -0.25) is 9.59 Å². The zero-order valence-corrected chi connectivity index (χ0v) is 33.3. The van der Waals surface area contributed by atoms with Crippen molar-refractivity contribution in [3.05, 3.63) is 52.5 Å². The molecule has 1 fully saturated rings. The maximum Gasteiger partial charge on any atom is 0.336 e. The van der Waals surface area contributed by atoms with Crippen molar-refractivity contribution in [3.8, 4) is 11.3 Å². The van der Waals surface area contributed by atoms with Crippen LogP contribution in [-0.4, -0.2) is 39.8 Å². The number of carboxylic acid groups (broad SMARTS) is 1. The zero-order chi connectivity index (χ0) is 38.4. The van der Waals surface area contributed by atoms with Crippen LogP contribution in [0.2, 0.25) is 5.02 Å². The molecule has 0 radical (unpaired) electrons. The predicted octanol–water partition coefficient (Wildman–Crippen LogP) is 12.1. The van der Waals surface area contributed by atoms with Gasteiger partial charge in [0.25, 0.3) is 0 Å². The second-order valence-electron chi connectivity index (χ2n) is 15.4. The SMILES string of the molecule is CC(=O)CC1(C(=O)O)CCCO1.CCC(C)C(=O)c1cc2nc(-c3ccc(Cl)c(F)c3)cc(C(C)(C)C)c2o1.CCCC.CCCC(C)(C)C. The van der Waals surface area contributed by atoms with Crippen LogP contribution in [0.3, 0.4) is 0 Å². The maximum atomic E-state index is 13.9. The number of halogens is 2. The molecule has 280 valence electrons. The Morgan fingerprint density at radius 3 is 2.02 bits per heavy atom. The average Bonchev–Trinajstić information content (AvgIpc) is 3.68. The number of rotatable bonds is 9. The first-order valence-electron chi connectivity index (χ1n) is 18.0. The third kappa shape index (κ3) is 13.9. The molecule has 1 saturated heterocycles. The largest absolute Gasteiger partial charge is 0.479 e. The van der Waals surface area contributed by atoms with Crippen molar-refractivity contribution in [2.24, 2.45) is 11.3 Å². The van der Waals surface area contributed by atoms with Crippen LogP contribution in [0.4, 0.5) is 4.39 Å². The van der Waals surface area contributed by atoms with E-state index in [4.69, 9.17) is 25.9 Å². The molecule has 2 aromatic heterocycles. The van der Waals surface area contributed by atoms with Crippen molar-refractivity contribution in [3.63, 3.8) is 0 Å². The average molecular weight is 718 g/mol. The Labute approximate surface area is 304 Å². The lowest BCUT2D eigenvalue weighted by molar-refractivity contribution is -0.162. The Kier molecular flexibility index (Phi) is 18.0. The van der Waals surface area contributed by atoms with Gasteiger partial charge in [0.05, 0.1) is 10.7 Å². The molecule has 1 N–H and O–H groups in total. The summed E-state index contributed by atoms with van der Waals surface area (Å²) in [6.45, 7) is 25.3. The highest BCUT2D eigenvalue weighted by atomic mass is 35.5. The first kappa shape index (κ1) is 44.9. The molecule has 0 spiro atoms. The number of hydrogen-bond acceptors (Lipinski definition) is 6. The second-order valence-corrected chi connectivity index (χ2v) is 15.8. The lowest BCUT2D eigenvalue weighted by Crippen LogP contribution is -2.39. The monoisotopic (exact) mass is 717 g/mol. The van der Waals surface area contributed by atoms with Crippen LogP contribution in [0, 0.1) is 17.2 Å². The molecule has 3 heterocycles. The molecule has 1 aliphatic heterocycles. The standard InChI is InChI=1S/C22H23ClFNO2.C8H12O4.C7H16.C4H10/c1-6-12(2)20(26)19-11-18-21(27-19)14(22(3,4)5)10-17(25-18)13-7-8-15(23)16(24)9-13;1-6(9)5-8(7(10)11)3-2-4-12-8;1-5-6-7(2,3)4;1-3-4-2/h7-12H,6H2,1-5H3;2-5H2,1H3,(H,10,11);5-6H2,1-4H3;3-4H2,1-2H3. The third-order valence-corrected chi connectivity index (χ3v) is 8.64. The maximum absolute atomic E-state index is 13.9. The van der Waals surface area contributed by atoms with E-state index in [1.165, 1.54) is 44.7 Å². The Balaban J connectivity index is 0.000000445. The summed E-state index contributed by atoms with van der Waals surface area (Å²) in [7, 11) is 0. The number of unbranched alkanes of at least 4 members (excludes halogenated alkanes) is 1. The van der Waals surface area contributed by atoms with E-state index in [1.807, 2.05) is 19.9 Å². The minimum absolute atomic E-state index is 0.0116. The summed E-state index contributed by atoms with van der Waals surface area (Å²) >= 11 is 5.80. The molecule has 7 nitrogen and oxygen atoms in total. The molecular weight excluding hydrogens is 657 g/mol. The van der Waals surface area contributed by atoms with E-state index in [0.29, 0.717) is 46.6 Å². The van der Waals surface area contributed by atoms with E-state index >= 15 is 0 Å². The molecule has 2 unspecified atom stereocenters. The van der Waals surface area contributed by atoms with Gasteiger partial charge in [-0.2, -0.15) is 0 Å². The van der Waals surface area contributed by atoms with Crippen molar-refractivity contribution < 1.29 is 33.0 Å². The van der Waals surface area contributed by atoms with E-state index < -0.39 is 17.4 Å². The molecule has 0 saturated carbocycles. The van der Waals surface area contributed by atoms with E-state index in [9.17, 15) is 18.8 Å². The number of aromatic nitrogens is 1. The van der Waals surface area contributed by atoms with Crippen molar-refractivity contribution in [1.29, 1.82) is 0 Å². The number of carbonyl (C=O) groups excluding carboxylic acids is 2. The van der Waals surface area contributed by atoms with Gasteiger partial charge in [0.1, 0.15) is 17.1 Å². The highest BCUT2D eigenvalue weighted by Gasteiger charge is 2.43. The van der Waals surface area contributed by atoms with Gasteiger partial charge in [-0.1, -0.05) is 113 Å². The van der Waals surface area contributed by atoms with Gasteiger partial charge in [-0.05, 0) is 61.6 Å². The summed E-state index contributed by atoms with van der Waals surface area (Å²) in [6.07, 6.45) is 7.19. The van der Waals surface area contributed by atoms with E-state index in [1.54, 1.807) is 12.1 Å². The number of Topliss-reactive ketones (excluding diaryl/α,β-unsaturated/α-hetero) is 2. The number of carboxylic acids is 1. The quantitative estimate of drug-likeness (QED) is 0.219. The van der Waals surface area contributed by atoms with E-state index in [-0.39, 0.29) is 34.3 Å². The highest BCUT2D eigenvalue weighted by molar-refractivity contribution is 6.30. The van der Waals surface area contributed by atoms with E-state index in [0.717, 1.165) is 18.4 Å². The smallest absolute Gasteiger partial charge is 0.336 e. The Hall–Kier alpha value is -3.10. The molecule has 0 bridgehead atoms. The van der Waals surface area contributed by atoms with Gasteiger partial charge in [-0.15, -0.1) is 0 Å². The van der Waals surface area contributed by atoms with Crippen molar-refractivity contribution >= 4 is 40.2 Å². The van der Waals surface area contributed by atoms with Gasteiger partial charge in [-0.25, -0.2) is 14.2 Å². The summed E-state index contributed by atoms with van der Waals surface area (Å²) in [5.41, 5.74) is 2.45. The number of hydrogen-bond donors (Lipinski definition) is 1. The highest BCUT2D eigenvalue weighted by Crippen LogP contribution is 2.36. The van der Waals surface area contributed by atoms with Crippen LogP contribution < -0.4 is 0 Å². The molecule has 1 aliphatic rings. The van der Waals surface area contributed by atoms with Crippen LogP contribution >= 0.6 is 11.6 Å². The summed E-state index contributed by atoms with van der Waals surface area (Å²) in [5, 5.41) is 8.91. The van der Waals surface area contributed by atoms with Gasteiger partial charge < -0.3 is 14.3 Å². The number of aliphatic carboxylic acids is 1. The molecule has 1 aromatic carbocycles. The number of carbonyl (C=O) groups is 3. The first-order valence-corrected chi connectivity index (χ1v) is 18.3. The predicted molar refractivity (Wildman–Crippen MR) is 203 cm³/mol. The number of fused-ring (bicyclic) bond motifs is 1. The number of pyridine rings is 1. The summed E-state index contributed by atoms with van der Waals surface area (Å²) in [6, 6.07) is 8.20. The van der Waals surface area contributed by atoms with Crippen LogP contribution in [0.15, 0.2) is 34.7 Å². The molecular formula is C41H61ClFNO6. The van der Waals surface area contributed by atoms with Crippen molar-refractivity contribution in [1.82, 2.24) is 4.98 Å². The summed E-state index contributed by atoms with van der Waals surface area (Å²) < 4.78 is 25.0. The Bertz CT molecular complexity index is 1540. The van der Waals surface area contributed by atoms with Gasteiger partial charge in [0, 0.05) is 36.1 Å². The molecule has 9 heteroatoms. The molecule has 2 atom stereocenters. The molecule has 0 aliphatic carbocycles. The Morgan fingerprint density at radius 2 is 1.62 bits per heavy atom. The molecule has 3 aromatic rings. The Morgan fingerprint density at radius 1 is 1.00 bits per heavy atom. The fraction of sp³-hybridized carbons (Fsp3) is 0.610. The topological polar surface area (TPSA) is 107 Å². The normalized spacial score (nSPS) is 16.3. The van der Waals surface area contributed by atoms with Crippen LogP contribution in [0.25, 0.3) is 22.4 Å². The fourth-order valence-corrected chi connectivity index (χ4v) is 5.28. The second kappa shape index (κ2) is 20.1. The van der Waals surface area contributed by atoms with Crippen molar-refractivity contribution in [2.75, 3.05) is 6.61 Å². The summed E-state index contributed by atoms with van der Waals surface area (Å²) in [5.74, 6) is -1.48.